The van der Waals surface area contributed by atoms with Crippen LogP contribution in [0.4, 0.5) is 0 Å². The van der Waals surface area contributed by atoms with Gasteiger partial charge in [-0.25, -0.2) is 0 Å². The SMILES string of the molecule is CCOc1cc(C(CO)N2CCNC(C)C2)ccc1O. The Kier molecular flexibility index (Phi) is 5.23. The summed E-state index contributed by atoms with van der Waals surface area (Å²) >= 11 is 0. The second kappa shape index (κ2) is 6.92. The summed E-state index contributed by atoms with van der Waals surface area (Å²) in [4.78, 5) is 2.27. The lowest BCUT2D eigenvalue weighted by atomic mass is 10.0. The summed E-state index contributed by atoms with van der Waals surface area (Å²) in [6.07, 6.45) is 0. The molecule has 1 heterocycles. The first kappa shape index (κ1) is 15.1. The molecular weight excluding hydrogens is 256 g/mol. The van der Waals surface area contributed by atoms with E-state index < -0.39 is 0 Å². The van der Waals surface area contributed by atoms with Gasteiger partial charge in [0.15, 0.2) is 11.5 Å². The molecular formula is C15H24N2O3. The average molecular weight is 280 g/mol. The molecule has 1 aliphatic heterocycles. The van der Waals surface area contributed by atoms with E-state index in [1.165, 1.54) is 0 Å². The van der Waals surface area contributed by atoms with E-state index in [0.717, 1.165) is 25.2 Å². The van der Waals surface area contributed by atoms with Gasteiger partial charge in [0.05, 0.1) is 19.3 Å². The van der Waals surface area contributed by atoms with Crippen LogP contribution in [0.5, 0.6) is 11.5 Å². The lowest BCUT2D eigenvalue weighted by Gasteiger charge is -2.37. The lowest BCUT2D eigenvalue weighted by molar-refractivity contribution is 0.0960. The minimum absolute atomic E-state index is 0.0562. The third-order valence-electron chi connectivity index (χ3n) is 3.68. The van der Waals surface area contributed by atoms with Crippen molar-refractivity contribution in [3.05, 3.63) is 23.8 Å². The number of aromatic hydroxyl groups is 1. The van der Waals surface area contributed by atoms with Crippen molar-refractivity contribution in [2.75, 3.05) is 32.8 Å². The average Bonchev–Trinajstić information content (AvgIpc) is 2.43. The summed E-state index contributed by atoms with van der Waals surface area (Å²) in [7, 11) is 0. The summed E-state index contributed by atoms with van der Waals surface area (Å²) in [5.41, 5.74) is 0.975. The van der Waals surface area contributed by atoms with E-state index in [2.05, 4.69) is 17.1 Å². The highest BCUT2D eigenvalue weighted by atomic mass is 16.5. The van der Waals surface area contributed by atoms with Gasteiger partial charge in [-0.1, -0.05) is 6.07 Å². The molecule has 2 unspecified atom stereocenters. The predicted octanol–water partition coefficient (Wildman–Crippen LogP) is 1.12. The van der Waals surface area contributed by atoms with Gasteiger partial charge in [-0.15, -0.1) is 0 Å². The summed E-state index contributed by atoms with van der Waals surface area (Å²) in [5, 5.41) is 22.9. The van der Waals surface area contributed by atoms with E-state index in [9.17, 15) is 10.2 Å². The van der Waals surface area contributed by atoms with Crippen molar-refractivity contribution in [3.8, 4) is 11.5 Å². The second-order valence-corrected chi connectivity index (χ2v) is 5.21. The normalized spacial score (nSPS) is 21.6. The summed E-state index contributed by atoms with van der Waals surface area (Å²) in [5.74, 6) is 0.618. The first-order valence-corrected chi connectivity index (χ1v) is 7.19. The van der Waals surface area contributed by atoms with Crippen molar-refractivity contribution in [3.63, 3.8) is 0 Å². The number of hydrogen-bond donors (Lipinski definition) is 3. The second-order valence-electron chi connectivity index (χ2n) is 5.21. The lowest BCUT2D eigenvalue weighted by Crippen LogP contribution is -2.50. The summed E-state index contributed by atoms with van der Waals surface area (Å²) in [6.45, 7) is 7.32. The van der Waals surface area contributed by atoms with Gasteiger partial charge in [0, 0.05) is 25.7 Å². The third-order valence-corrected chi connectivity index (χ3v) is 3.68. The zero-order chi connectivity index (χ0) is 14.5. The van der Waals surface area contributed by atoms with Crippen molar-refractivity contribution in [2.45, 2.75) is 25.9 Å². The number of rotatable bonds is 5. The van der Waals surface area contributed by atoms with Gasteiger partial charge in [-0.2, -0.15) is 0 Å². The van der Waals surface area contributed by atoms with Gasteiger partial charge in [-0.3, -0.25) is 4.90 Å². The van der Waals surface area contributed by atoms with E-state index in [-0.39, 0.29) is 18.4 Å². The summed E-state index contributed by atoms with van der Waals surface area (Å²) in [6, 6.07) is 5.67. The zero-order valence-electron chi connectivity index (χ0n) is 12.2. The molecule has 5 nitrogen and oxygen atoms in total. The number of nitrogens with one attached hydrogen (secondary N) is 1. The molecule has 5 heteroatoms. The van der Waals surface area contributed by atoms with E-state index in [1.54, 1.807) is 6.07 Å². The summed E-state index contributed by atoms with van der Waals surface area (Å²) < 4.78 is 5.42. The number of phenolic OH excluding ortho intramolecular Hbond substituents is 1. The smallest absolute Gasteiger partial charge is 0.161 e. The van der Waals surface area contributed by atoms with Gasteiger partial charge in [0.25, 0.3) is 0 Å². The maximum absolute atomic E-state index is 9.76. The maximum atomic E-state index is 9.76. The molecule has 2 atom stereocenters. The van der Waals surface area contributed by atoms with Gasteiger partial charge in [-0.05, 0) is 31.5 Å². The zero-order valence-corrected chi connectivity index (χ0v) is 12.2. The maximum Gasteiger partial charge on any atom is 0.161 e. The highest BCUT2D eigenvalue weighted by Crippen LogP contribution is 2.31. The van der Waals surface area contributed by atoms with Gasteiger partial charge in [0.1, 0.15) is 0 Å². The minimum Gasteiger partial charge on any atom is -0.504 e. The van der Waals surface area contributed by atoms with Crippen LogP contribution in [0.3, 0.4) is 0 Å². The van der Waals surface area contributed by atoms with Crippen LogP contribution in [-0.2, 0) is 0 Å². The van der Waals surface area contributed by atoms with E-state index in [4.69, 9.17) is 4.74 Å². The van der Waals surface area contributed by atoms with E-state index in [0.29, 0.717) is 18.4 Å². The molecule has 0 spiro atoms. The molecule has 2 rings (SSSR count). The van der Waals surface area contributed by atoms with E-state index >= 15 is 0 Å². The van der Waals surface area contributed by atoms with Crippen LogP contribution in [0.2, 0.25) is 0 Å². The molecule has 1 aliphatic rings. The number of aliphatic hydroxyl groups is 1. The Morgan fingerprint density at radius 2 is 2.30 bits per heavy atom. The molecule has 0 aromatic heterocycles. The Morgan fingerprint density at radius 3 is 2.95 bits per heavy atom. The van der Waals surface area contributed by atoms with Crippen LogP contribution in [0.1, 0.15) is 25.5 Å². The predicted molar refractivity (Wildman–Crippen MR) is 78.1 cm³/mol. The van der Waals surface area contributed by atoms with E-state index in [1.807, 2.05) is 19.1 Å². The Balaban J connectivity index is 2.20. The quantitative estimate of drug-likeness (QED) is 0.754. The fourth-order valence-electron chi connectivity index (χ4n) is 2.69. The molecule has 1 aromatic rings. The minimum atomic E-state index is -0.0562. The highest BCUT2D eigenvalue weighted by Gasteiger charge is 2.25. The molecule has 0 amide bonds. The van der Waals surface area contributed by atoms with Gasteiger partial charge < -0.3 is 20.3 Å². The van der Waals surface area contributed by atoms with Crippen molar-refractivity contribution in [2.24, 2.45) is 0 Å². The molecule has 0 bridgehead atoms. The standard InChI is InChI=1S/C15H24N2O3/c1-3-20-15-8-12(4-5-14(15)19)13(10-18)17-7-6-16-11(2)9-17/h4-5,8,11,13,16,18-19H,3,6-7,9-10H2,1-2H3. The molecule has 112 valence electrons. The highest BCUT2D eigenvalue weighted by molar-refractivity contribution is 5.42. The van der Waals surface area contributed by atoms with Gasteiger partial charge >= 0.3 is 0 Å². The van der Waals surface area contributed by atoms with Crippen LogP contribution < -0.4 is 10.1 Å². The van der Waals surface area contributed by atoms with Crippen molar-refractivity contribution >= 4 is 0 Å². The largest absolute Gasteiger partial charge is 0.504 e. The monoisotopic (exact) mass is 280 g/mol. The van der Waals surface area contributed by atoms with Crippen LogP contribution in [0.15, 0.2) is 18.2 Å². The van der Waals surface area contributed by atoms with Crippen molar-refractivity contribution in [1.82, 2.24) is 10.2 Å². The fourth-order valence-corrected chi connectivity index (χ4v) is 2.69. The van der Waals surface area contributed by atoms with Gasteiger partial charge in [0.2, 0.25) is 0 Å². The molecule has 0 saturated carbocycles. The Hall–Kier alpha value is -1.30. The Morgan fingerprint density at radius 1 is 1.50 bits per heavy atom. The number of aliphatic hydroxyl groups excluding tert-OH is 1. The molecule has 3 N–H and O–H groups in total. The van der Waals surface area contributed by atoms with Crippen LogP contribution in [0.25, 0.3) is 0 Å². The van der Waals surface area contributed by atoms with Crippen molar-refractivity contribution < 1.29 is 14.9 Å². The number of hydrogen-bond acceptors (Lipinski definition) is 5. The molecule has 1 fully saturated rings. The number of ether oxygens (including phenoxy) is 1. The fraction of sp³-hybridized carbons (Fsp3) is 0.600. The van der Waals surface area contributed by atoms with Crippen molar-refractivity contribution in [1.29, 1.82) is 0 Å². The first-order chi connectivity index (χ1) is 9.65. The van der Waals surface area contributed by atoms with Crippen LogP contribution in [-0.4, -0.2) is 54.0 Å². The molecule has 1 saturated heterocycles. The Labute approximate surface area is 120 Å². The third kappa shape index (κ3) is 3.42. The molecule has 0 radical (unpaired) electrons. The number of phenols is 1. The number of nitrogens with zero attached hydrogens (tertiary/aromatic N) is 1. The molecule has 1 aromatic carbocycles. The number of piperazine rings is 1. The van der Waals surface area contributed by atoms with Crippen LogP contribution >= 0.6 is 0 Å². The molecule has 20 heavy (non-hydrogen) atoms. The Bertz CT molecular complexity index is 439. The first-order valence-electron chi connectivity index (χ1n) is 7.19. The topological polar surface area (TPSA) is 65.0 Å². The molecule has 0 aliphatic carbocycles. The number of benzene rings is 1. The van der Waals surface area contributed by atoms with Crippen LogP contribution in [0, 0.1) is 0 Å².